The third-order valence-corrected chi connectivity index (χ3v) is 2.26. The van der Waals surface area contributed by atoms with E-state index < -0.39 is 10.9 Å². The lowest BCUT2D eigenvalue weighted by Gasteiger charge is -2.14. The molecule has 0 fully saturated rings. The summed E-state index contributed by atoms with van der Waals surface area (Å²) in [6, 6.07) is 5.69. The highest BCUT2D eigenvalue weighted by molar-refractivity contribution is 5.66. The summed E-state index contributed by atoms with van der Waals surface area (Å²) in [5.74, 6) is -0.414. The largest absolute Gasteiger partial charge is 0.464 e. The second-order valence-corrected chi connectivity index (χ2v) is 3.95. The Bertz CT molecular complexity index is 536. The van der Waals surface area contributed by atoms with Crippen LogP contribution >= 0.6 is 0 Å². The Morgan fingerprint density at radius 3 is 2.84 bits per heavy atom. The summed E-state index contributed by atoms with van der Waals surface area (Å²) in [6.07, 6.45) is 0. The molecule has 0 amide bonds. The van der Waals surface area contributed by atoms with Crippen molar-refractivity contribution in [2.75, 3.05) is 11.9 Å². The summed E-state index contributed by atoms with van der Waals surface area (Å²) in [6.45, 7) is 3.12. The van der Waals surface area contributed by atoms with Crippen LogP contribution in [-0.4, -0.2) is 23.5 Å². The Morgan fingerprint density at radius 1 is 1.63 bits per heavy atom. The lowest BCUT2D eigenvalue weighted by atomic mass is 10.1. The molecule has 0 saturated carbocycles. The number of nitro groups is 1. The highest BCUT2D eigenvalue weighted by Crippen LogP contribution is 2.25. The number of ether oxygens (including phenoxy) is 1. The smallest absolute Gasteiger partial charge is 0.302 e. The Kier molecular flexibility index (Phi) is 4.83. The van der Waals surface area contributed by atoms with E-state index in [2.05, 4.69) is 5.32 Å². The molecule has 7 heteroatoms. The molecule has 0 aromatic heterocycles. The fourth-order valence-corrected chi connectivity index (χ4v) is 1.42. The molecule has 0 radical (unpaired) electrons. The van der Waals surface area contributed by atoms with Crippen molar-refractivity contribution < 1.29 is 14.5 Å². The van der Waals surface area contributed by atoms with Gasteiger partial charge in [-0.15, -0.1) is 0 Å². The molecule has 1 aromatic rings. The summed E-state index contributed by atoms with van der Waals surface area (Å²) in [4.78, 5) is 21.0. The number of nitrogens with one attached hydrogen (secondary N) is 1. The van der Waals surface area contributed by atoms with Crippen molar-refractivity contribution in [3.63, 3.8) is 0 Å². The maximum absolute atomic E-state index is 10.9. The Labute approximate surface area is 109 Å². The molecule has 19 heavy (non-hydrogen) atoms. The van der Waals surface area contributed by atoms with E-state index in [9.17, 15) is 14.9 Å². The quantitative estimate of drug-likeness (QED) is 0.493. The van der Waals surface area contributed by atoms with Crippen LogP contribution < -0.4 is 5.32 Å². The van der Waals surface area contributed by atoms with Crippen LogP contribution in [0.4, 0.5) is 11.4 Å². The van der Waals surface area contributed by atoms with Crippen LogP contribution in [0.1, 0.15) is 19.4 Å². The molecule has 0 aliphatic rings. The van der Waals surface area contributed by atoms with E-state index in [1.807, 2.05) is 6.07 Å². The zero-order chi connectivity index (χ0) is 14.4. The summed E-state index contributed by atoms with van der Waals surface area (Å²) >= 11 is 0. The molecular formula is C12H13N3O4. The number of hydrogen-bond acceptors (Lipinski definition) is 6. The van der Waals surface area contributed by atoms with E-state index in [4.69, 9.17) is 10.00 Å². The van der Waals surface area contributed by atoms with E-state index in [1.165, 1.54) is 25.1 Å². The fourth-order valence-electron chi connectivity index (χ4n) is 1.42. The van der Waals surface area contributed by atoms with Gasteiger partial charge in [-0.05, 0) is 19.1 Å². The average molecular weight is 263 g/mol. The van der Waals surface area contributed by atoms with Crippen molar-refractivity contribution in [3.8, 4) is 6.07 Å². The standard InChI is InChI=1S/C12H13N3O4/c1-8(7-19-9(2)16)14-11-4-3-10(6-13)5-12(11)15(17)18/h3-5,8,14H,7H2,1-2H3/t8-/m0/s1. The van der Waals surface area contributed by atoms with Crippen LogP contribution in [0.25, 0.3) is 0 Å². The number of nitro benzene ring substituents is 1. The first kappa shape index (κ1) is 14.4. The minimum atomic E-state index is -0.568. The minimum absolute atomic E-state index is 0.104. The summed E-state index contributed by atoms with van der Waals surface area (Å²) in [5.41, 5.74) is 0.308. The van der Waals surface area contributed by atoms with Crippen molar-refractivity contribution >= 4 is 17.3 Å². The molecular weight excluding hydrogens is 250 g/mol. The van der Waals surface area contributed by atoms with Crippen molar-refractivity contribution in [1.29, 1.82) is 5.26 Å². The molecule has 0 spiro atoms. The number of carbonyl (C=O) groups is 1. The zero-order valence-corrected chi connectivity index (χ0v) is 10.5. The van der Waals surface area contributed by atoms with Crippen LogP contribution in [0.2, 0.25) is 0 Å². The van der Waals surface area contributed by atoms with Crippen LogP contribution in [0.3, 0.4) is 0 Å². The number of esters is 1. The van der Waals surface area contributed by atoms with Gasteiger partial charge in [0.1, 0.15) is 12.3 Å². The predicted molar refractivity (Wildman–Crippen MR) is 67.5 cm³/mol. The van der Waals surface area contributed by atoms with E-state index in [-0.39, 0.29) is 29.6 Å². The topological polar surface area (TPSA) is 105 Å². The first-order valence-electron chi connectivity index (χ1n) is 5.52. The maximum Gasteiger partial charge on any atom is 0.302 e. The van der Waals surface area contributed by atoms with E-state index in [1.54, 1.807) is 6.92 Å². The lowest BCUT2D eigenvalue weighted by molar-refractivity contribution is -0.384. The van der Waals surface area contributed by atoms with Gasteiger partial charge < -0.3 is 10.1 Å². The van der Waals surface area contributed by atoms with Gasteiger partial charge >= 0.3 is 5.97 Å². The average Bonchev–Trinajstić information content (AvgIpc) is 2.36. The fraction of sp³-hybridized carbons (Fsp3) is 0.333. The maximum atomic E-state index is 10.9. The van der Waals surface area contributed by atoms with Crippen LogP contribution in [0.5, 0.6) is 0 Å². The highest BCUT2D eigenvalue weighted by Gasteiger charge is 2.16. The first-order chi connectivity index (χ1) is 8.93. The Hall–Kier alpha value is -2.62. The van der Waals surface area contributed by atoms with Crippen molar-refractivity contribution in [2.45, 2.75) is 19.9 Å². The number of nitrogens with zero attached hydrogens (tertiary/aromatic N) is 2. The van der Waals surface area contributed by atoms with Crippen molar-refractivity contribution in [2.24, 2.45) is 0 Å². The minimum Gasteiger partial charge on any atom is -0.464 e. The molecule has 0 saturated heterocycles. The molecule has 1 atom stereocenters. The van der Waals surface area contributed by atoms with Crippen LogP contribution in [0, 0.1) is 21.4 Å². The molecule has 0 bridgehead atoms. The highest BCUT2D eigenvalue weighted by atomic mass is 16.6. The van der Waals surface area contributed by atoms with Gasteiger partial charge in [-0.2, -0.15) is 5.26 Å². The van der Waals surface area contributed by atoms with Gasteiger partial charge in [0.25, 0.3) is 5.69 Å². The summed E-state index contributed by atoms with van der Waals surface area (Å²) in [5, 5.41) is 22.5. The number of anilines is 1. The van der Waals surface area contributed by atoms with Gasteiger partial charge in [-0.25, -0.2) is 0 Å². The van der Waals surface area contributed by atoms with Gasteiger partial charge in [-0.1, -0.05) is 0 Å². The second-order valence-electron chi connectivity index (χ2n) is 3.95. The Balaban J connectivity index is 2.86. The van der Waals surface area contributed by atoms with Crippen LogP contribution in [0.15, 0.2) is 18.2 Å². The van der Waals surface area contributed by atoms with Gasteiger partial charge in [0, 0.05) is 13.0 Å². The SMILES string of the molecule is CC(=O)OC[C@H](C)Nc1ccc(C#N)cc1[N+](=O)[O-]. The number of rotatable bonds is 5. The zero-order valence-electron chi connectivity index (χ0n) is 10.5. The number of hydrogen-bond donors (Lipinski definition) is 1. The molecule has 100 valence electrons. The molecule has 0 heterocycles. The summed E-state index contributed by atoms with van der Waals surface area (Å²) < 4.78 is 4.80. The Morgan fingerprint density at radius 2 is 2.32 bits per heavy atom. The normalized spacial score (nSPS) is 11.2. The number of carbonyl (C=O) groups excluding carboxylic acids is 1. The van der Waals surface area contributed by atoms with Gasteiger partial charge in [-0.3, -0.25) is 14.9 Å². The number of nitriles is 1. The third-order valence-electron chi connectivity index (χ3n) is 2.26. The molecule has 7 nitrogen and oxygen atoms in total. The van der Waals surface area contributed by atoms with Gasteiger partial charge in [0.15, 0.2) is 0 Å². The van der Waals surface area contributed by atoms with E-state index in [0.29, 0.717) is 0 Å². The second kappa shape index (κ2) is 6.35. The van der Waals surface area contributed by atoms with Crippen molar-refractivity contribution in [3.05, 3.63) is 33.9 Å². The van der Waals surface area contributed by atoms with Crippen molar-refractivity contribution in [1.82, 2.24) is 0 Å². The molecule has 0 aliphatic carbocycles. The molecule has 1 rings (SSSR count). The number of benzene rings is 1. The first-order valence-corrected chi connectivity index (χ1v) is 5.52. The lowest BCUT2D eigenvalue weighted by Crippen LogP contribution is -2.23. The van der Waals surface area contributed by atoms with E-state index >= 15 is 0 Å². The molecule has 1 aromatic carbocycles. The molecule has 0 aliphatic heterocycles. The third kappa shape index (κ3) is 4.27. The predicted octanol–water partition coefficient (Wildman–Crippen LogP) is 1.83. The molecule has 0 unspecified atom stereocenters. The summed E-state index contributed by atoms with van der Waals surface area (Å²) in [7, 11) is 0. The monoisotopic (exact) mass is 263 g/mol. The van der Waals surface area contributed by atoms with E-state index in [0.717, 1.165) is 0 Å². The van der Waals surface area contributed by atoms with Gasteiger partial charge in [0.05, 0.1) is 22.6 Å². The van der Waals surface area contributed by atoms with Crippen LogP contribution in [-0.2, 0) is 9.53 Å². The van der Waals surface area contributed by atoms with Gasteiger partial charge in [0.2, 0.25) is 0 Å². The molecule has 1 N–H and O–H groups in total.